The number of ether oxygens (including phenoxy) is 1. The number of pyridine rings is 1. The molecule has 4 rings (SSSR count). The first-order chi connectivity index (χ1) is 15.1. The number of carbonyl (C=O) groups is 1. The second kappa shape index (κ2) is 10.4. The van der Waals surface area contributed by atoms with E-state index in [2.05, 4.69) is 40.0 Å². The molecule has 0 bridgehead atoms. The Bertz CT molecular complexity index is 893. The molecule has 3 N–H and O–H groups in total. The van der Waals surface area contributed by atoms with Crippen molar-refractivity contribution >= 4 is 29.0 Å². The standard InChI is InChI=1S/C24H31ClN4O2/c1-16-5-6-19(14-26-16)24(30)29-23-12-21(22(25)15-28-23)18-3-2-4-20(11-18)27-13-17-7-9-31-10-8-17/h2-4,11-12,15-17,19,26-27H,5-10,13-14H2,1H3,(H,28,29,30)/t16-,19+/m1/s1. The number of piperidine rings is 1. The Kier molecular flexibility index (Phi) is 7.43. The second-order valence-electron chi connectivity index (χ2n) is 8.64. The Balaban J connectivity index is 1.43. The zero-order chi connectivity index (χ0) is 21.6. The van der Waals surface area contributed by atoms with Crippen LogP contribution in [0.3, 0.4) is 0 Å². The van der Waals surface area contributed by atoms with Gasteiger partial charge in [0.15, 0.2) is 0 Å². The van der Waals surface area contributed by atoms with Gasteiger partial charge in [0.25, 0.3) is 0 Å². The van der Waals surface area contributed by atoms with Crippen molar-refractivity contribution in [1.82, 2.24) is 10.3 Å². The fraction of sp³-hybridized carbons (Fsp3) is 0.500. The van der Waals surface area contributed by atoms with Crippen LogP contribution in [0, 0.1) is 11.8 Å². The Labute approximate surface area is 189 Å². The molecule has 1 aromatic heterocycles. The van der Waals surface area contributed by atoms with Crippen LogP contribution in [-0.2, 0) is 9.53 Å². The molecule has 2 aromatic rings. The van der Waals surface area contributed by atoms with Crippen molar-refractivity contribution < 1.29 is 9.53 Å². The summed E-state index contributed by atoms with van der Waals surface area (Å²) in [4.78, 5) is 17.0. The van der Waals surface area contributed by atoms with Crippen LogP contribution >= 0.6 is 11.6 Å². The van der Waals surface area contributed by atoms with Crippen LogP contribution in [0.25, 0.3) is 11.1 Å². The summed E-state index contributed by atoms with van der Waals surface area (Å²) in [5.74, 6) is 1.14. The number of rotatable bonds is 6. The van der Waals surface area contributed by atoms with Crippen molar-refractivity contribution in [3.05, 3.63) is 41.6 Å². The molecule has 2 aliphatic heterocycles. The number of nitrogens with zero attached hydrogens (tertiary/aromatic N) is 1. The van der Waals surface area contributed by atoms with Crippen molar-refractivity contribution in [1.29, 1.82) is 0 Å². The minimum Gasteiger partial charge on any atom is -0.385 e. The van der Waals surface area contributed by atoms with Crippen LogP contribution in [-0.4, -0.2) is 43.2 Å². The highest BCUT2D eigenvalue weighted by molar-refractivity contribution is 6.33. The highest BCUT2D eigenvalue weighted by Crippen LogP contribution is 2.31. The number of anilines is 2. The molecular formula is C24H31ClN4O2. The van der Waals surface area contributed by atoms with Gasteiger partial charge >= 0.3 is 0 Å². The van der Waals surface area contributed by atoms with Gasteiger partial charge in [-0.05, 0) is 62.3 Å². The summed E-state index contributed by atoms with van der Waals surface area (Å²) in [6.07, 6.45) is 5.70. The maximum absolute atomic E-state index is 12.7. The zero-order valence-corrected chi connectivity index (χ0v) is 18.8. The second-order valence-corrected chi connectivity index (χ2v) is 9.05. The number of aromatic nitrogens is 1. The lowest BCUT2D eigenvalue weighted by Gasteiger charge is -2.26. The first kappa shape index (κ1) is 22.1. The van der Waals surface area contributed by atoms with Crippen molar-refractivity contribution in [2.24, 2.45) is 11.8 Å². The van der Waals surface area contributed by atoms with Gasteiger partial charge in [0.05, 0.1) is 10.9 Å². The van der Waals surface area contributed by atoms with E-state index in [0.717, 1.165) is 62.3 Å². The van der Waals surface area contributed by atoms with Gasteiger partial charge in [-0.25, -0.2) is 4.98 Å². The van der Waals surface area contributed by atoms with Crippen molar-refractivity contribution in [3.63, 3.8) is 0 Å². The summed E-state index contributed by atoms with van der Waals surface area (Å²) in [6.45, 7) is 5.49. The number of nitrogens with one attached hydrogen (secondary N) is 3. The Morgan fingerprint density at radius 2 is 2.06 bits per heavy atom. The highest BCUT2D eigenvalue weighted by atomic mass is 35.5. The fourth-order valence-electron chi connectivity index (χ4n) is 4.19. The number of hydrogen-bond donors (Lipinski definition) is 3. The summed E-state index contributed by atoms with van der Waals surface area (Å²) in [5.41, 5.74) is 2.91. The van der Waals surface area contributed by atoms with Gasteiger partial charge in [0.2, 0.25) is 5.91 Å². The molecule has 2 atom stereocenters. The smallest absolute Gasteiger partial charge is 0.229 e. The van der Waals surface area contributed by atoms with E-state index in [4.69, 9.17) is 16.3 Å². The summed E-state index contributed by atoms with van der Waals surface area (Å²) in [7, 11) is 0. The highest BCUT2D eigenvalue weighted by Gasteiger charge is 2.24. The predicted molar refractivity (Wildman–Crippen MR) is 126 cm³/mol. The molecule has 7 heteroatoms. The molecule has 3 heterocycles. The van der Waals surface area contributed by atoms with Gasteiger partial charge in [-0.2, -0.15) is 0 Å². The van der Waals surface area contributed by atoms with E-state index in [1.165, 1.54) is 0 Å². The van der Waals surface area contributed by atoms with Crippen LogP contribution in [0.2, 0.25) is 5.02 Å². The maximum Gasteiger partial charge on any atom is 0.229 e. The molecular weight excluding hydrogens is 412 g/mol. The maximum atomic E-state index is 12.7. The normalized spacial score (nSPS) is 22.1. The summed E-state index contributed by atoms with van der Waals surface area (Å²) >= 11 is 6.46. The summed E-state index contributed by atoms with van der Waals surface area (Å²) < 4.78 is 5.44. The monoisotopic (exact) mass is 442 g/mol. The van der Waals surface area contributed by atoms with Gasteiger partial charge in [0, 0.05) is 49.8 Å². The number of amides is 1. The molecule has 1 aromatic carbocycles. The largest absolute Gasteiger partial charge is 0.385 e. The van der Waals surface area contributed by atoms with Crippen molar-refractivity contribution in [3.8, 4) is 11.1 Å². The first-order valence-corrected chi connectivity index (χ1v) is 11.6. The Hall–Kier alpha value is -2.15. The number of halogens is 1. The summed E-state index contributed by atoms with van der Waals surface area (Å²) in [6, 6.07) is 10.5. The third-order valence-corrected chi connectivity index (χ3v) is 6.55. The van der Waals surface area contributed by atoms with Gasteiger partial charge in [-0.1, -0.05) is 23.7 Å². The minimum absolute atomic E-state index is 0.00653. The topological polar surface area (TPSA) is 75.3 Å². The minimum atomic E-state index is -0.0326. The van der Waals surface area contributed by atoms with Crippen LogP contribution < -0.4 is 16.0 Å². The van der Waals surface area contributed by atoms with Crippen LogP contribution in [0.4, 0.5) is 11.5 Å². The molecule has 0 aliphatic carbocycles. The third-order valence-electron chi connectivity index (χ3n) is 6.25. The lowest BCUT2D eigenvalue weighted by atomic mass is 9.95. The van der Waals surface area contributed by atoms with Gasteiger partial charge in [-0.15, -0.1) is 0 Å². The molecule has 0 unspecified atom stereocenters. The Morgan fingerprint density at radius 1 is 1.23 bits per heavy atom. The van der Waals surface area contributed by atoms with E-state index < -0.39 is 0 Å². The van der Waals surface area contributed by atoms with Crippen LogP contribution in [0.15, 0.2) is 36.5 Å². The summed E-state index contributed by atoms with van der Waals surface area (Å²) in [5, 5.41) is 10.5. The molecule has 31 heavy (non-hydrogen) atoms. The zero-order valence-electron chi connectivity index (χ0n) is 18.0. The number of carbonyl (C=O) groups excluding carboxylic acids is 1. The molecule has 166 valence electrons. The SMILES string of the molecule is C[C@@H]1CC[C@H](C(=O)Nc2cc(-c3cccc(NCC4CCOCC4)c3)c(Cl)cn2)CN1. The molecule has 6 nitrogen and oxygen atoms in total. The molecule has 0 spiro atoms. The molecule has 2 aliphatic rings. The number of benzene rings is 1. The van der Waals surface area contributed by atoms with Gasteiger partial charge in [-0.3, -0.25) is 4.79 Å². The number of hydrogen-bond acceptors (Lipinski definition) is 5. The Morgan fingerprint density at radius 3 is 2.84 bits per heavy atom. The first-order valence-electron chi connectivity index (χ1n) is 11.2. The van der Waals surface area contributed by atoms with Crippen LogP contribution in [0.1, 0.15) is 32.6 Å². The average molecular weight is 443 g/mol. The van der Waals surface area contributed by atoms with E-state index >= 15 is 0 Å². The van der Waals surface area contributed by atoms with Crippen molar-refractivity contribution in [2.45, 2.75) is 38.6 Å². The quantitative estimate of drug-likeness (QED) is 0.611. The molecule has 0 saturated carbocycles. The van der Waals surface area contributed by atoms with Gasteiger partial charge < -0.3 is 20.7 Å². The lowest BCUT2D eigenvalue weighted by molar-refractivity contribution is -0.120. The molecule has 0 radical (unpaired) electrons. The van der Waals surface area contributed by atoms with Crippen molar-refractivity contribution in [2.75, 3.05) is 36.9 Å². The molecule has 1 amide bonds. The van der Waals surface area contributed by atoms with Crippen LogP contribution in [0.5, 0.6) is 0 Å². The van der Waals surface area contributed by atoms with Gasteiger partial charge in [0.1, 0.15) is 5.82 Å². The van der Waals surface area contributed by atoms with E-state index in [9.17, 15) is 4.79 Å². The predicted octanol–water partition coefficient (Wildman–Crippen LogP) is 4.57. The van der Waals surface area contributed by atoms with E-state index in [-0.39, 0.29) is 11.8 Å². The third kappa shape index (κ3) is 5.97. The van der Waals surface area contributed by atoms with E-state index in [1.807, 2.05) is 18.2 Å². The fourth-order valence-corrected chi connectivity index (χ4v) is 4.40. The molecule has 2 fully saturated rings. The van der Waals surface area contributed by atoms with E-state index in [1.54, 1.807) is 6.20 Å². The average Bonchev–Trinajstić information content (AvgIpc) is 2.80. The molecule has 2 saturated heterocycles. The van der Waals surface area contributed by atoms with E-state index in [0.29, 0.717) is 29.3 Å². The lowest BCUT2D eigenvalue weighted by Crippen LogP contribution is -2.41.